The van der Waals surface area contributed by atoms with E-state index in [1.54, 1.807) is 28.4 Å². The van der Waals surface area contributed by atoms with Gasteiger partial charge in [0, 0.05) is 24.5 Å². The summed E-state index contributed by atoms with van der Waals surface area (Å²) in [6, 6.07) is 24.9. The van der Waals surface area contributed by atoms with Gasteiger partial charge in [-0.2, -0.15) is 4.31 Å². The van der Waals surface area contributed by atoms with Crippen molar-refractivity contribution in [2.24, 2.45) is 0 Å². The number of likely N-dealkylation sites (tertiary alicyclic amines) is 1. The molecule has 1 fully saturated rings. The zero-order chi connectivity index (χ0) is 27.2. The molecule has 0 spiro atoms. The van der Waals surface area contributed by atoms with Crippen LogP contribution in [0.15, 0.2) is 89.1 Å². The van der Waals surface area contributed by atoms with E-state index in [0.29, 0.717) is 19.6 Å². The standard InChI is InChI=1S/C31H35N3O3S2/c1-25-15-20-38-30(25)23-33(22-26-9-3-2-4-10-26)31(35)24-34(19-18-32-16-7-8-17-32)39(36,37)29-14-13-27-11-5-6-12-28(27)21-29/h2-6,9-15,20-21H,7-8,16-19,22-24H2,1H3. The van der Waals surface area contributed by atoms with Crippen molar-refractivity contribution in [3.05, 3.63) is 100 Å². The quantitative estimate of drug-likeness (QED) is 0.242. The average molecular weight is 562 g/mol. The van der Waals surface area contributed by atoms with Crippen LogP contribution in [0.4, 0.5) is 0 Å². The second-order valence-electron chi connectivity index (χ2n) is 10.2. The van der Waals surface area contributed by atoms with Crippen molar-refractivity contribution in [3.8, 4) is 0 Å². The molecule has 6 nitrogen and oxygen atoms in total. The first-order valence-corrected chi connectivity index (χ1v) is 15.8. The van der Waals surface area contributed by atoms with Gasteiger partial charge < -0.3 is 9.80 Å². The van der Waals surface area contributed by atoms with E-state index in [0.717, 1.165) is 52.7 Å². The second-order valence-corrected chi connectivity index (χ2v) is 13.1. The van der Waals surface area contributed by atoms with E-state index < -0.39 is 10.0 Å². The molecule has 0 saturated carbocycles. The molecule has 0 radical (unpaired) electrons. The van der Waals surface area contributed by atoms with Crippen molar-refractivity contribution in [1.29, 1.82) is 0 Å². The molecule has 1 aromatic heterocycles. The molecule has 5 rings (SSSR count). The van der Waals surface area contributed by atoms with Gasteiger partial charge in [-0.15, -0.1) is 11.3 Å². The first-order valence-electron chi connectivity index (χ1n) is 13.5. The highest BCUT2D eigenvalue weighted by molar-refractivity contribution is 7.89. The smallest absolute Gasteiger partial charge is 0.243 e. The van der Waals surface area contributed by atoms with Crippen molar-refractivity contribution < 1.29 is 13.2 Å². The number of aryl methyl sites for hydroxylation is 1. The number of thiophene rings is 1. The molecular weight excluding hydrogens is 526 g/mol. The second kappa shape index (κ2) is 12.4. The van der Waals surface area contributed by atoms with Crippen LogP contribution >= 0.6 is 11.3 Å². The van der Waals surface area contributed by atoms with E-state index in [2.05, 4.69) is 11.0 Å². The molecule has 0 N–H and O–H groups in total. The number of amides is 1. The van der Waals surface area contributed by atoms with Crippen LogP contribution in [0.2, 0.25) is 0 Å². The first-order chi connectivity index (χ1) is 18.9. The van der Waals surface area contributed by atoms with E-state index in [9.17, 15) is 13.2 Å². The SMILES string of the molecule is Cc1ccsc1CN(Cc1ccccc1)C(=O)CN(CCN1CCCC1)S(=O)(=O)c1ccc2ccccc2c1. The Kier molecular flexibility index (Phi) is 8.77. The molecule has 1 aliphatic rings. The Morgan fingerprint density at radius 3 is 2.33 bits per heavy atom. The Bertz CT molecular complexity index is 1510. The molecule has 0 unspecified atom stereocenters. The monoisotopic (exact) mass is 561 g/mol. The lowest BCUT2D eigenvalue weighted by molar-refractivity contribution is -0.132. The lowest BCUT2D eigenvalue weighted by atomic mass is 10.1. The third-order valence-corrected chi connectivity index (χ3v) is 10.3. The maximum absolute atomic E-state index is 14.0. The highest BCUT2D eigenvalue weighted by atomic mass is 32.2. The first kappa shape index (κ1) is 27.5. The maximum atomic E-state index is 14.0. The maximum Gasteiger partial charge on any atom is 0.243 e. The fourth-order valence-corrected chi connectivity index (χ4v) is 7.38. The Labute approximate surface area is 235 Å². The van der Waals surface area contributed by atoms with Crippen LogP contribution in [0, 0.1) is 6.92 Å². The average Bonchev–Trinajstić information content (AvgIpc) is 3.62. The molecule has 4 aromatic rings. The minimum atomic E-state index is -3.89. The molecule has 2 heterocycles. The molecular formula is C31H35N3O3S2. The van der Waals surface area contributed by atoms with Crippen LogP contribution in [-0.4, -0.2) is 61.2 Å². The van der Waals surface area contributed by atoms with Gasteiger partial charge in [0.1, 0.15) is 0 Å². The lowest BCUT2D eigenvalue weighted by Gasteiger charge is -2.28. The molecule has 1 aliphatic heterocycles. The highest BCUT2D eigenvalue weighted by Gasteiger charge is 2.30. The molecule has 0 bridgehead atoms. The number of nitrogens with zero attached hydrogens (tertiary/aromatic N) is 3. The van der Waals surface area contributed by atoms with E-state index in [-0.39, 0.29) is 23.9 Å². The van der Waals surface area contributed by atoms with Gasteiger partial charge in [-0.25, -0.2) is 8.42 Å². The van der Waals surface area contributed by atoms with Gasteiger partial charge >= 0.3 is 0 Å². The Hall–Kier alpha value is -3.04. The van der Waals surface area contributed by atoms with Gasteiger partial charge in [-0.1, -0.05) is 60.7 Å². The number of carbonyl (C=O) groups is 1. The van der Waals surface area contributed by atoms with Crippen LogP contribution in [0.3, 0.4) is 0 Å². The minimum Gasteiger partial charge on any atom is -0.332 e. The number of carbonyl (C=O) groups excluding carboxylic acids is 1. The summed E-state index contributed by atoms with van der Waals surface area (Å²) in [7, 11) is -3.89. The summed E-state index contributed by atoms with van der Waals surface area (Å²) in [6.45, 7) is 5.55. The zero-order valence-corrected chi connectivity index (χ0v) is 24.0. The Balaban J connectivity index is 1.43. The summed E-state index contributed by atoms with van der Waals surface area (Å²) in [5.41, 5.74) is 2.15. The van der Waals surface area contributed by atoms with E-state index in [1.807, 2.05) is 73.0 Å². The third kappa shape index (κ3) is 6.76. The molecule has 8 heteroatoms. The predicted molar refractivity (Wildman–Crippen MR) is 158 cm³/mol. The fourth-order valence-electron chi connectivity index (χ4n) is 5.05. The van der Waals surface area contributed by atoms with Gasteiger partial charge in [-0.3, -0.25) is 4.79 Å². The fraction of sp³-hybridized carbons (Fsp3) is 0.323. The lowest BCUT2D eigenvalue weighted by Crippen LogP contribution is -2.45. The topological polar surface area (TPSA) is 60.9 Å². The van der Waals surface area contributed by atoms with Crippen molar-refractivity contribution in [1.82, 2.24) is 14.1 Å². The molecule has 1 amide bonds. The molecule has 3 aromatic carbocycles. The van der Waals surface area contributed by atoms with Gasteiger partial charge in [-0.05, 0) is 78.3 Å². The van der Waals surface area contributed by atoms with Crippen LogP contribution < -0.4 is 0 Å². The number of hydrogen-bond donors (Lipinski definition) is 0. The highest BCUT2D eigenvalue weighted by Crippen LogP contribution is 2.24. The Morgan fingerprint density at radius 1 is 0.897 bits per heavy atom. The normalized spacial score (nSPS) is 14.3. The summed E-state index contributed by atoms with van der Waals surface area (Å²) >= 11 is 1.62. The Morgan fingerprint density at radius 2 is 1.62 bits per heavy atom. The molecule has 1 saturated heterocycles. The molecule has 204 valence electrons. The summed E-state index contributed by atoms with van der Waals surface area (Å²) in [5.74, 6) is -0.197. The summed E-state index contributed by atoms with van der Waals surface area (Å²) in [5, 5.41) is 3.88. The van der Waals surface area contributed by atoms with Gasteiger partial charge in [0.15, 0.2) is 0 Å². The molecule has 0 aliphatic carbocycles. The number of sulfonamides is 1. The number of rotatable bonds is 11. The van der Waals surface area contributed by atoms with Crippen molar-refractivity contribution in [2.75, 3.05) is 32.7 Å². The summed E-state index contributed by atoms with van der Waals surface area (Å²) in [6.07, 6.45) is 2.25. The number of fused-ring (bicyclic) bond motifs is 1. The van der Waals surface area contributed by atoms with Crippen molar-refractivity contribution >= 4 is 38.0 Å². The molecule has 39 heavy (non-hydrogen) atoms. The van der Waals surface area contributed by atoms with Crippen LogP contribution in [-0.2, 0) is 27.9 Å². The van der Waals surface area contributed by atoms with E-state index in [4.69, 9.17) is 0 Å². The number of benzene rings is 3. The van der Waals surface area contributed by atoms with Crippen LogP contribution in [0.1, 0.15) is 28.8 Å². The van der Waals surface area contributed by atoms with Gasteiger partial charge in [0.05, 0.1) is 18.0 Å². The zero-order valence-electron chi connectivity index (χ0n) is 22.3. The predicted octanol–water partition coefficient (Wildman–Crippen LogP) is 5.53. The van der Waals surface area contributed by atoms with Crippen molar-refractivity contribution in [3.63, 3.8) is 0 Å². The number of hydrogen-bond acceptors (Lipinski definition) is 5. The van der Waals surface area contributed by atoms with Crippen LogP contribution in [0.5, 0.6) is 0 Å². The minimum absolute atomic E-state index is 0.194. The molecule has 0 atom stereocenters. The van der Waals surface area contributed by atoms with E-state index in [1.165, 1.54) is 4.31 Å². The third-order valence-electron chi connectivity index (χ3n) is 7.41. The van der Waals surface area contributed by atoms with Crippen LogP contribution in [0.25, 0.3) is 10.8 Å². The summed E-state index contributed by atoms with van der Waals surface area (Å²) < 4.78 is 29.4. The van der Waals surface area contributed by atoms with Gasteiger partial charge in [0.2, 0.25) is 15.9 Å². The van der Waals surface area contributed by atoms with Crippen molar-refractivity contribution in [2.45, 2.75) is 37.8 Å². The largest absolute Gasteiger partial charge is 0.332 e. The summed E-state index contributed by atoms with van der Waals surface area (Å²) in [4.78, 5) is 19.3. The van der Waals surface area contributed by atoms with E-state index >= 15 is 0 Å². The van der Waals surface area contributed by atoms with Gasteiger partial charge in [0.25, 0.3) is 0 Å².